The van der Waals surface area contributed by atoms with E-state index in [9.17, 15) is 5.11 Å². The summed E-state index contributed by atoms with van der Waals surface area (Å²) < 4.78 is 0. The van der Waals surface area contributed by atoms with E-state index in [2.05, 4.69) is 18.9 Å². The predicted molar refractivity (Wildman–Crippen MR) is 55.8 cm³/mol. The highest BCUT2D eigenvalue weighted by Gasteiger charge is 2.23. The molecule has 1 fully saturated rings. The van der Waals surface area contributed by atoms with Gasteiger partial charge in [-0.1, -0.05) is 19.8 Å². The lowest BCUT2D eigenvalue weighted by Gasteiger charge is -2.23. The van der Waals surface area contributed by atoms with Crippen LogP contribution in [0.1, 0.15) is 39.0 Å². The van der Waals surface area contributed by atoms with Gasteiger partial charge in [-0.2, -0.15) is 0 Å². The van der Waals surface area contributed by atoms with Gasteiger partial charge >= 0.3 is 0 Å². The van der Waals surface area contributed by atoms with Crippen molar-refractivity contribution in [3.8, 4) is 0 Å². The van der Waals surface area contributed by atoms with E-state index >= 15 is 0 Å². The summed E-state index contributed by atoms with van der Waals surface area (Å²) in [6.07, 6.45) is 6.20. The van der Waals surface area contributed by atoms with E-state index in [-0.39, 0.29) is 6.10 Å². The van der Waals surface area contributed by atoms with Gasteiger partial charge in [0.2, 0.25) is 0 Å². The number of likely N-dealkylation sites (N-methyl/N-ethyl adjacent to an activating group) is 1. The van der Waals surface area contributed by atoms with Crippen molar-refractivity contribution in [2.45, 2.75) is 45.1 Å². The first-order valence-electron chi connectivity index (χ1n) is 5.60. The van der Waals surface area contributed by atoms with Crippen molar-refractivity contribution >= 4 is 0 Å². The third kappa shape index (κ3) is 3.65. The van der Waals surface area contributed by atoms with Crippen LogP contribution in [0.3, 0.4) is 0 Å². The molecule has 1 aliphatic carbocycles. The molecule has 0 amide bonds. The molecule has 0 bridgehead atoms. The molecule has 2 heteroatoms. The van der Waals surface area contributed by atoms with Crippen LogP contribution in [0.5, 0.6) is 0 Å². The van der Waals surface area contributed by atoms with Gasteiger partial charge in [0.05, 0.1) is 6.10 Å². The second-order valence-electron chi connectivity index (χ2n) is 4.37. The normalized spacial score (nSPS) is 21.2. The van der Waals surface area contributed by atoms with E-state index < -0.39 is 0 Å². The first kappa shape index (κ1) is 11.0. The Hall–Kier alpha value is -0.0800. The highest BCUT2D eigenvalue weighted by atomic mass is 16.3. The van der Waals surface area contributed by atoms with Gasteiger partial charge in [0.1, 0.15) is 0 Å². The first-order valence-corrected chi connectivity index (χ1v) is 5.60. The smallest absolute Gasteiger partial charge is 0.0695 e. The number of hydrogen-bond donors (Lipinski definition) is 1. The summed E-state index contributed by atoms with van der Waals surface area (Å²) in [5.74, 6) is 0.583. The SMILES string of the molecule is CCCN(C)CC(O)C1CCCC1. The summed E-state index contributed by atoms with van der Waals surface area (Å²) in [7, 11) is 2.10. The van der Waals surface area contributed by atoms with Crippen LogP contribution in [0.2, 0.25) is 0 Å². The molecule has 0 aliphatic heterocycles. The van der Waals surface area contributed by atoms with Crippen LogP contribution in [-0.2, 0) is 0 Å². The van der Waals surface area contributed by atoms with Gasteiger partial charge in [0, 0.05) is 6.54 Å². The minimum absolute atomic E-state index is 0.0842. The van der Waals surface area contributed by atoms with Gasteiger partial charge in [0.15, 0.2) is 0 Å². The molecule has 0 aromatic carbocycles. The summed E-state index contributed by atoms with van der Waals surface area (Å²) in [4.78, 5) is 2.24. The van der Waals surface area contributed by atoms with E-state index in [0.717, 1.165) is 13.1 Å². The molecule has 1 N–H and O–H groups in total. The molecular weight excluding hydrogens is 162 g/mol. The maximum absolute atomic E-state index is 9.90. The van der Waals surface area contributed by atoms with Gasteiger partial charge in [0.25, 0.3) is 0 Å². The van der Waals surface area contributed by atoms with Crippen LogP contribution in [0.25, 0.3) is 0 Å². The fraction of sp³-hybridized carbons (Fsp3) is 1.00. The van der Waals surface area contributed by atoms with E-state index in [1.165, 1.54) is 32.1 Å². The Labute approximate surface area is 81.9 Å². The molecule has 0 spiro atoms. The zero-order valence-electron chi connectivity index (χ0n) is 9.00. The second-order valence-corrected chi connectivity index (χ2v) is 4.37. The summed E-state index contributed by atoms with van der Waals surface area (Å²) in [5.41, 5.74) is 0. The molecule has 0 aromatic rings. The minimum Gasteiger partial charge on any atom is -0.392 e. The van der Waals surface area contributed by atoms with Crippen molar-refractivity contribution in [3.05, 3.63) is 0 Å². The van der Waals surface area contributed by atoms with Gasteiger partial charge in [-0.25, -0.2) is 0 Å². The topological polar surface area (TPSA) is 23.5 Å². The van der Waals surface area contributed by atoms with Crippen LogP contribution in [0, 0.1) is 5.92 Å². The number of aliphatic hydroxyl groups excluding tert-OH is 1. The third-order valence-corrected chi connectivity index (χ3v) is 3.05. The zero-order chi connectivity index (χ0) is 9.68. The standard InChI is InChI=1S/C11H23NO/c1-3-8-12(2)9-11(13)10-6-4-5-7-10/h10-11,13H,3-9H2,1-2H3. The molecule has 0 radical (unpaired) electrons. The number of nitrogens with zero attached hydrogens (tertiary/aromatic N) is 1. The average Bonchev–Trinajstić information content (AvgIpc) is 2.55. The van der Waals surface area contributed by atoms with Crippen LogP contribution in [0.4, 0.5) is 0 Å². The van der Waals surface area contributed by atoms with Crippen LogP contribution in [-0.4, -0.2) is 36.2 Å². The molecular formula is C11H23NO. The van der Waals surface area contributed by atoms with Gasteiger partial charge in [-0.3, -0.25) is 0 Å². The average molecular weight is 185 g/mol. The number of rotatable bonds is 5. The van der Waals surface area contributed by atoms with Crippen LogP contribution >= 0.6 is 0 Å². The summed E-state index contributed by atoms with van der Waals surface area (Å²) in [6, 6.07) is 0. The Morgan fingerprint density at radius 3 is 2.54 bits per heavy atom. The van der Waals surface area contributed by atoms with Crippen molar-refractivity contribution in [1.29, 1.82) is 0 Å². The van der Waals surface area contributed by atoms with Crippen molar-refractivity contribution in [1.82, 2.24) is 4.90 Å². The largest absolute Gasteiger partial charge is 0.392 e. The van der Waals surface area contributed by atoms with Gasteiger partial charge in [-0.05, 0) is 38.8 Å². The van der Waals surface area contributed by atoms with Crippen molar-refractivity contribution in [2.75, 3.05) is 20.1 Å². The van der Waals surface area contributed by atoms with Crippen LogP contribution in [0.15, 0.2) is 0 Å². The monoisotopic (exact) mass is 185 g/mol. The fourth-order valence-electron chi connectivity index (χ4n) is 2.28. The summed E-state index contributed by atoms with van der Waals surface area (Å²) >= 11 is 0. The maximum atomic E-state index is 9.90. The Kier molecular flexibility index (Phi) is 4.74. The Balaban J connectivity index is 2.18. The molecule has 1 aliphatic rings. The van der Waals surface area contributed by atoms with E-state index in [0.29, 0.717) is 5.92 Å². The van der Waals surface area contributed by atoms with E-state index in [4.69, 9.17) is 0 Å². The van der Waals surface area contributed by atoms with Crippen LogP contribution < -0.4 is 0 Å². The predicted octanol–water partition coefficient (Wildman–Crippen LogP) is 1.88. The minimum atomic E-state index is -0.0842. The van der Waals surface area contributed by atoms with Crippen molar-refractivity contribution in [2.24, 2.45) is 5.92 Å². The fourth-order valence-corrected chi connectivity index (χ4v) is 2.28. The van der Waals surface area contributed by atoms with Crippen molar-refractivity contribution < 1.29 is 5.11 Å². The molecule has 0 saturated heterocycles. The van der Waals surface area contributed by atoms with Gasteiger partial charge in [-0.15, -0.1) is 0 Å². The lowest BCUT2D eigenvalue weighted by Crippen LogP contribution is -2.33. The molecule has 13 heavy (non-hydrogen) atoms. The van der Waals surface area contributed by atoms with E-state index in [1.807, 2.05) is 0 Å². The molecule has 1 saturated carbocycles. The molecule has 0 aromatic heterocycles. The quantitative estimate of drug-likeness (QED) is 0.707. The summed E-state index contributed by atoms with van der Waals surface area (Å²) in [6.45, 7) is 4.14. The molecule has 0 heterocycles. The lowest BCUT2D eigenvalue weighted by molar-refractivity contribution is 0.0747. The molecule has 78 valence electrons. The molecule has 1 atom stereocenters. The first-order chi connectivity index (χ1) is 6.24. The molecule has 2 nitrogen and oxygen atoms in total. The Morgan fingerprint density at radius 1 is 1.38 bits per heavy atom. The van der Waals surface area contributed by atoms with E-state index in [1.54, 1.807) is 0 Å². The lowest BCUT2D eigenvalue weighted by atomic mass is 10.0. The molecule has 1 rings (SSSR count). The second kappa shape index (κ2) is 5.61. The Bertz CT molecular complexity index is 132. The Morgan fingerprint density at radius 2 is 2.00 bits per heavy atom. The third-order valence-electron chi connectivity index (χ3n) is 3.05. The maximum Gasteiger partial charge on any atom is 0.0695 e. The highest BCUT2D eigenvalue weighted by molar-refractivity contribution is 4.76. The number of aliphatic hydroxyl groups is 1. The molecule has 1 unspecified atom stereocenters. The highest BCUT2D eigenvalue weighted by Crippen LogP contribution is 2.27. The summed E-state index contributed by atoms with van der Waals surface area (Å²) in [5, 5.41) is 9.90. The van der Waals surface area contributed by atoms with Gasteiger partial charge < -0.3 is 10.0 Å². The van der Waals surface area contributed by atoms with Crippen molar-refractivity contribution in [3.63, 3.8) is 0 Å². The zero-order valence-corrected chi connectivity index (χ0v) is 9.00. The number of hydrogen-bond acceptors (Lipinski definition) is 2.